The Balaban J connectivity index is 2.03. The predicted molar refractivity (Wildman–Crippen MR) is 90.0 cm³/mol. The average molecular weight is 299 g/mol. The summed E-state index contributed by atoms with van der Waals surface area (Å²) < 4.78 is 2.09. The Hall–Kier alpha value is -2.07. The molecule has 2 rings (SSSR count). The molecular weight excluding hydrogens is 274 g/mol. The van der Waals surface area contributed by atoms with E-state index in [2.05, 4.69) is 27.8 Å². The summed E-state index contributed by atoms with van der Waals surface area (Å²) in [6.45, 7) is 2.69. The van der Waals surface area contributed by atoms with Gasteiger partial charge in [0.05, 0.1) is 6.04 Å². The highest BCUT2D eigenvalue weighted by Gasteiger charge is 2.18. The van der Waals surface area contributed by atoms with Crippen molar-refractivity contribution in [1.29, 1.82) is 0 Å². The van der Waals surface area contributed by atoms with E-state index in [1.54, 1.807) is 0 Å². The number of rotatable bonds is 6. The van der Waals surface area contributed by atoms with Crippen LogP contribution in [-0.2, 0) is 13.5 Å². The fourth-order valence-corrected chi connectivity index (χ4v) is 2.56. The summed E-state index contributed by atoms with van der Waals surface area (Å²) in [5.41, 5.74) is 3.14. The van der Waals surface area contributed by atoms with E-state index in [0.717, 1.165) is 6.42 Å². The lowest BCUT2D eigenvalue weighted by molar-refractivity contribution is 0.0941. The van der Waals surface area contributed by atoms with E-state index >= 15 is 0 Å². The molecule has 1 aromatic heterocycles. The zero-order valence-electron chi connectivity index (χ0n) is 13.8. The van der Waals surface area contributed by atoms with Gasteiger partial charge in [0.1, 0.15) is 0 Å². The van der Waals surface area contributed by atoms with Gasteiger partial charge in [-0.1, -0.05) is 19.1 Å². The molecule has 4 heteroatoms. The Bertz CT molecular complexity index is 614. The fourth-order valence-electron chi connectivity index (χ4n) is 2.56. The molecule has 1 amide bonds. The monoisotopic (exact) mass is 299 g/mol. The van der Waals surface area contributed by atoms with Gasteiger partial charge >= 0.3 is 0 Å². The summed E-state index contributed by atoms with van der Waals surface area (Å²) in [5.74, 6) is -0.0243. The third kappa shape index (κ3) is 3.77. The molecule has 0 saturated heterocycles. The molecule has 0 aliphatic heterocycles. The highest BCUT2D eigenvalue weighted by Crippen LogP contribution is 2.17. The van der Waals surface area contributed by atoms with E-state index in [0.29, 0.717) is 12.1 Å². The van der Waals surface area contributed by atoms with Crippen molar-refractivity contribution < 1.29 is 4.79 Å². The first-order chi connectivity index (χ1) is 10.5. The van der Waals surface area contributed by atoms with E-state index in [9.17, 15) is 4.79 Å². The number of aryl methyl sites for hydroxylation is 2. The maximum atomic E-state index is 12.3. The summed E-state index contributed by atoms with van der Waals surface area (Å²) >= 11 is 0. The molecule has 118 valence electrons. The van der Waals surface area contributed by atoms with Gasteiger partial charge in [-0.15, -0.1) is 0 Å². The minimum Gasteiger partial charge on any atom is -0.353 e. The molecule has 1 N–H and O–H groups in total. The molecule has 1 atom stereocenters. The van der Waals surface area contributed by atoms with E-state index in [1.165, 1.54) is 11.3 Å². The number of hydrogen-bond donors (Lipinski definition) is 1. The number of benzene rings is 1. The molecule has 1 unspecified atom stereocenters. The summed E-state index contributed by atoms with van der Waals surface area (Å²) in [5, 5.41) is 3.04. The van der Waals surface area contributed by atoms with Crippen LogP contribution in [0.15, 0.2) is 42.6 Å². The third-order valence-electron chi connectivity index (χ3n) is 4.03. The minimum atomic E-state index is -0.0243. The second-order valence-corrected chi connectivity index (χ2v) is 5.78. The van der Waals surface area contributed by atoms with Gasteiger partial charge < -0.3 is 9.88 Å². The normalized spacial score (nSPS) is 12.4. The van der Waals surface area contributed by atoms with Gasteiger partial charge in [-0.25, -0.2) is 0 Å². The topological polar surface area (TPSA) is 37.3 Å². The maximum Gasteiger partial charge on any atom is 0.251 e. The number of nitrogens with zero attached hydrogens (tertiary/aromatic N) is 2. The molecule has 0 radical (unpaired) electrons. The third-order valence-corrected chi connectivity index (χ3v) is 4.03. The van der Waals surface area contributed by atoms with Crippen LogP contribution in [0.2, 0.25) is 0 Å². The van der Waals surface area contributed by atoms with Gasteiger partial charge in [0, 0.05) is 31.0 Å². The zero-order valence-corrected chi connectivity index (χ0v) is 13.8. The van der Waals surface area contributed by atoms with Crippen molar-refractivity contribution in [1.82, 2.24) is 14.8 Å². The molecule has 22 heavy (non-hydrogen) atoms. The fraction of sp³-hybridized carbons (Fsp3) is 0.389. The molecule has 2 aromatic rings. The van der Waals surface area contributed by atoms with Crippen LogP contribution in [-0.4, -0.2) is 36.0 Å². The minimum absolute atomic E-state index is 0.0243. The number of hydrogen-bond acceptors (Lipinski definition) is 2. The van der Waals surface area contributed by atoms with Crippen molar-refractivity contribution in [3.63, 3.8) is 0 Å². The van der Waals surface area contributed by atoms with Crippen LogP contribution < -0.4 is 5.32 Å². The number of nitrogens with one attached hydrogen (secondary N) is 1. The van der Waals surface area contributed by atoms with Gasteiger partial charge in [0.15, 0.2) is 0 Å². The molecule has 4 nitrogen and oxygen atoms in total. The van der Waals surface area contributed by atoms with E-state index in [-0.39, 0.29) is 11.9 Å². The van der Waals surface area contributed by atoms with Crippen molar-refractivity contribution in [2.75, 3.05) is 20.6 Å². The summed E-state index contributed by atoms with van der Waals surface area (Å²) in [4.78, 5) is 14.4. The van der Waals surface area contributed by atoms with Crippen molar-refractivity contribution in [3.8, 4) is 0 Å². The Labute approximate surface area is 132 Å². The predicted octanol–water partition coefficient (Wildman–Crippen LogP) is 2.62. The van der Waals surface area contributed by atoms with Gasteiger partial charge in [-0.2, -0.15) is 0 Å². The van der Waals surface area contributed by atoms with Crippen LogP contribution in [0.5, 0.6) is 0 Å². The average Bonchev–Trinajstić information content (AvgIpc) is 2.93. The van der Waals surface area contributed by atoms with E-state index in [1.807, 2.05) is 57.7 Å². The van der Waals surface area contributed by atoms with Crippen LogP contribution in [0, 0.1) is 0 Å². The number of carbonyl (C=O) groups is 1. The Morgan fingerprint density at radius 1 is 1.23 bits per heavy atom. The lowest BCUT2D eigenvalue weighted by Crippen LogP contribution is -2.35. The van der Waals surface area contributed by atoms with Crippen molar-refractivity contribution in [3.05, 3.63) is 59.4 Å². The second kappa shape index (κ2) is 7.27. The summed E-state index contributed by atoms with van der Waals surface area (Å²) in [7, 11) is 6.08. The van der Waals surface area contributed by atoms with E-state index in [4.69, 9.17) is 0 Å². The van der Waals surface area contributed by atoms with Crippen LogP contribution >= 0.6 is 0 Å². The van der Waals surface area contributed by atoms with E-state index < -0.39 is 0 Å². The molecule has 0 aliphatic rings. The Morgan fingerprint density at radius 3 is 2.41 bits per heavy atom. The highest BCUT2D eigenvalue weighted by molar-refractivity contribution is 5.94. The molecule has 0 fully saturated rings. The van der Waals surface area contributed by atoms with Crippen molar-refractivity contribution >= 4 is 5.91 Å². The molecule has 0 bridgehead atoms. The quantitative estimate of drug-likeness (QED) is 0.890. The van der Waals surface area contributed by atoms with Gasteiger partial charge in [-0.05, 0) is 50.3 Å². The summed E-state index contributed by atoms with van der Waals surface area (Å²) in [6, 6.07) is 12.1. The first-order valence-electron chi connectivity index (χ1n) is 7.67. The van der Waals surface area contributed by atoms with Crippen LogP contribution in [0.1, 0.15) is 34.6 Å². The van der Waals surface area contributed by atoms with Crippen molar-refractivity contribution in [2.24, 2.45) is 7.05 Å². The van der Waals surface area contributed by atoms with Gasteiger partial charge in [0.2, 0.25) is 0 Å². The van der Waals surface area contributed by atoms with Gasteiger partial charge in [0.25, 0.3) is 5.91 Å². The lowest BCUT2D eigenvalue weighted by Gasteiger charge is -2.25. The zero-order chi connectivity index (χ0) is 16.1. The standard InChI is InChI=1S/C18H25N3O/c1-5-14-8-10-15(11-9-14)18(22)19-13-17(20(2)3)16-7-6-12-21(16)4/h6-12,17H,5,13H2,1-4H3,(H,19,22). The molecule has 1 heterocycles. The molecule has 1 aromatic carbocycles. The van der Waals surface area contributed by atoms with Crippen LogP contribution in [0.25, 0.3) is 0 Å². The second-order valence-electron chi connectivity index (χ2n) is 5.78. The molecule has 0 aliphatic carbocycles. The van der Waals surface area contributed by atoms with Crippen molar-refractivity contribution in [2.45, 2.75) is 19.4 Å². The lowest BCUT2D eigenvalue weighted by atomic mass is 10.1. The first-order valence-corrected chi connectivity index (χ1v) is 7.67. The summed E-state index contributed by atoms with van der Waals surface area (Å²) in [6.07, 6.45) is 3.01. The smallest absolute Gasteiger partial charge is 0.251 e. The maximum absolute atomic E-state index is 12.3. The SMILES string of the molecule is CCc1ccc(C(=O)NCC(c2cccn2C)N(C)C)cc1. The number of carbonyl (C=O) groups excluding carboxylic acids is 1. The molecule has 0 saturated carbocycles. The number of amides is 1. The Morgan fingerprint density at radius 2 is 1.91 bits per heavy atom. The Kier molecular flexibility index (Phi) is 5.39. The first kappa shape index (κ1) is 16.3. The van der Waals surface area contributed by atoms with Crippen LogP contribution in [0.3, 0.4) is 0 Å². The molecule has 0 spiro atoms. The van der Waals surface area contributed by atoms with Gasteiger partial charge in [-0.3, -0.25) is 9.69 Å². The number of aromatic nitrogens is 1. The highest BCUT2D eigenvalue weighted by atomic mass is 16.1. The number of likely N-dealkylation sites (N-methyl/N-ethyl adjacent to an activating group) is 1. The molecular formula is C18H25N3O. The largest absolute Gasteiger partial charge is 0.353 e. The van der Waals surface area contributed by atoms with Crippen LogP contribution in [0.4, 0.5) is 0 Å².